The van der Waals surface area contributed by atoms with Crippen LogP contribution in [0.1, 0.15) is 37.7 Å². The van der Waals surface area contributed by atoms with Gasteiger partial charge in [0, 0.05) is 6.07 Å². The van der Waals surface area contributed by atoms with E-state index in [1.807, 2.05) is 0 Å². The Balaban J connectivity index is 2.28. The van der Waals surface area contributed by atoms with Crippen molar-refractivity contribution in [1.29, 1.82) is 0 Å². The van der Waals surface area contributed by atoms with Gasteiger partial charge in [-0.2, -0.15) is 0 Å². The molecule has 17 heavy (non-hydrogen) atoms. The summed E-state index contributed by atoms with van der Waals surface area (Å²) in [6.45, 7) is 2.78. The molecule has 0 aromatic heterocycles. The van der Waals surface area contributed by atoms with Crippen molar-refractivity contribution in [2.24, 2.45) is 17.6 Å². The van der Waals surface area contributed by atoms with Gasteiger partial charge in [-0.05, 0) is 54.8 Å². The molecule has 1 aliphatic rings. The Bertz CT molecular complexity index is 372. The quantitative estimate of drug-likeness (QED) is 0.840. The van der Waals surface area contributed by atoms with E-state index < -0.39 is 11.6 Å². The van der Waals surface area contributed by atoms with E-state index in [2.05, 4.69) is 6.92 Å². The van der Waals surface area contributed by atoms with Gasteiger partial charge in [0.05, 0.1) is 0 Å². The molecule has 0 radical (unpaired) electrons. The lowest BCUT2D eigenvalue weighted by Gasteiger charge is -2.34. The van der Waals surface area contributed by atoms with Gasteiger partial charge in [-0.1, -0.05) is 13.3 Å². The van der Waals surface area contributed by atoms with Crippen LogP contribution in [0, 0.1) is 23.5 Å². The molecule has 0 amide bonds. The lowest BCUT2D eigenvalue weighted by atomic mass is 9.71. The molecule has 0 saturated heterocycles. The summed E-state index contributed by atoms with van der Waals surface area (Å²) in [6.07, 6.45) is 3.20. The number of nitrogens with two attached hydrogens (primary N) is 1. The van der Waals surface area contributed by atoms with Crippen LogP contribution >= 0.6 is 0 Å². The van der Waals surface area contributed by atoms with Crippen LogP contribution in [0.2, 0.25) is 0 Å². The predicted octanol–water partition coefficient (Wildman–Crippen LogP) is 3.44. The second-order valence-corrected chi connectivity index (χ2v) is 5.22. The molecule has 1 fully saturated rings. The molecule has 1 aromatic carbocycles. The monoisotopic (exact) mass is 239 g/mol. The fraction of sp³-hybridized carbons (Fsp3) is 0.571. The van der Waals surface area contributed by atoms with Crippen molar-refractivity contribution in [2.45, 2.75) is 32.1 Å². The summed E-state index contributed by atoms with van der Waals surface area (Å²) in [5.41, 5.74) is 6.53. The molecule has 1 aliphatic carbocycles. The van der Waals surface area contributed by atoms with Gasteiger partial charge in [-0.15, -0.1) is 0 Å². The number of hydrogen-bond acceptors (Lipinski definition) is 1. The van der Waals surface area contributed by atoms with Crippen molar-refractivity contribution in [2.75, 3.05) is 6.54 Å². The van der Waals surface area contributed by atoms with E-state index >= 15 is 0 Å². The van der Waals surface area contributed by atoms with E-state index in [1.165, 1.54) is 12.1 Å². The summed E-state index contributed by atoms with van der Waals surface area (Å²) < 4.78 is 26.5. The molecule has 3 unspecified atom stereocenters. The molecule has 1 nitrogen and oxygen atoms in total. The molecule has 1 aromatic rings. The van der Waals surface area contributed by atoms with E-state index in [9.17, 15) is 8.78 Å². The van der Waals surface area contributed by atoms with Crippen LogP contribution in [0.3, 0.4) is 0 Å². The van der Waals surface area contributed by atoms with Crippen molar-refractivity contribution in [3.8, 4) is 0 Å². The minimum absolute atomic E-state index is 0.203. The third-order valence-corrected chi connectivity index (χ3v) is 3.87. The van der Waals surface area contributed by atoms with Gasteiger partial charge in [0.2, 0.25) is 0 Å². The van der Waals surface area contributed by atoms with Crippen molar-refractivity contribution in [1.82, 2.24) is 0 Å². The Morgan fingerprint density at radius 1 is 1.18 bits per heavy atom. The van der Waals surface area contributed by atoms with Crippen LogP contribution in [0.5, 0.6) is 0 Å². The van der Waals surface area contributed by atoms with E-state index in [1.54, 1.807) is 0 Å². The summed E-state index contributed by atoms with van der Waals surface area (Å²) >= 11 is 0. The summed E-state index contributed by atoms with van der Waals surface area (Å²) in [5, 5.41) is 0. The van der Waals surface area contributed by atoms with Crippen LogP contribution in [-0.2, 0) is 0 Å². The van der Waals surface area contributed by atoms with Crippen molar-refractivity contribution in [3.63, 3.8) is 0 Å². The first-order valence-electron chi connectivity index (χ1n) is 6.26. The van der Waals surface area contributed by atoms with Crippen LogP contribution in [-0.4, -0.2) is 6.54 Å². The molecule has 3 heteroatoms. The van der Waals surface area contributed by atoms with E-state index in [0.717, 1.165) is 30.9 Å². The highest BCUT2D eigenvalue weighted by Gasteiger charge is 2.29. The molecule has 0 spiro atoms. The largest absolute Gasteiger partial charge is 0.330 e. The van der Waals surface area contributed by atoms with E-state index in [4.69, 9.17) is 5.73 Å². The summed E-state index contributed by atoms with van der Waals surface area (Å²) in [6, 6.07) is 3.83. The first kappa shape index (κ1) is 12.5. The van der Waals surface area contributed by atoms with Gasteiger partial charge >= 0.3 is 0 Å². The average molecular weight is 239 g/mol. The molecular weight excluding hydrogens is 220 g/mol. The molecule has 0 heterocycles. The summed E-state index contributed by atoms with van der Waals surface area (Å²) in [4.78, 5) is 0. The number of halogens is 2. The normalized spacial score (nSPS) is 29.3. The fourth-order valence-electron chi connectivity index (χ4n) is 2.92. The van der Waals surface area contributed by atoms with Crippen molar-refractivity contribution < 1.29 is 8.78 Å². The second kappa shape index (κ2) is 5.13. The maximum Gasteiger partial charge on any atom is 0.126 e. The van der Waals surface area contributed by atoms with Crippen molar-refractivity contribution >= 4 is 0 Å². The van der Waals surface area contributed by atoms with Gasteiger partial charge < -0.3 is 5.73 Å². The molecule has 2 N–H and O–H groups in total. The Morgan fingerprint density at radius 2 is 1.82 bits per heavy atom. The zero-order valence-electron chi connectivity index (χ0n) is 10.1. The molecule has 1 saturated carbocycles. The van der Waals surface area contributed by atoms with Gasteiger partial charge in [0.25, 0.3) is 0 Å². The van der Waals surface area contributed by atoms with Crippen LogP contribution < -0.4 is 5.73 Å². The lowest BCUT2D eigenvalue weighted by molar-refractivity contribution is 0.253. The van der Waals surface area contributed by atoms with Gasteiger partial charge in [-0.25, -0.2) is 8.78 Å². The number of hydrogen-bond donors (Lipinski definition) is 1. The Morgan fingerprint density at radius 3 is 2.41 bits per heavy atom. The molecular formula is C14H19F2N. The van der Waals surface area contributed by atoms with Gasteiger partial charge in [0.15, 0.2) is 0 Å². The zero-order valence-corrected chi connectivity index (χ0v) is 10.1. The minimum Gasteiger partial charge on any atom is -0.330 e. The van der Waals surface area contributed by atoms with E-state index in [0.29, 0.717) is 18.4 Å². The van der Waals surface area contributed by atoms with E-state index in [-0.39, 0.29) is 5.92 Å². The molecule has 3 atom stereocenters. The third kappa shape index (κ3) is 2.83. The van der Waals surface area contributed by atoms with Gasteiger partial charge in [-0.3, -0.25) is 0 Å². The number of rotatable bonds is 2. The first-order valence-corrected chi connectivity index (χ1v) is 6.26. The molecule has 94 valence electrons. The summed E-state index contributed by atoms with van der Waals surface area (Å²) in [7, 11) is 0. The Hall–Kier alpha value is -0.960. The molecule has 0 bridgehead atoms. The zero-order chi connectivity index (χ0) is 12.4. The van der Waals surface area contributed by atoms with Crippen LogP contribution in [0.15, 0.2) is 18.2 Å². The maximum absolute atomic E-state index is 13.2. The Labute approximate surface area is 101 Å². The minimum atomic E-state index is -0.492. The lowest BCUT2D eigenvalue weighted by Crippen LogP contribution is -2.28. The van der Waals surface area contributed by atoms with Crippen LogP contribution in [0.4, 0.5) is 8.78 Å². The van der Waals surface area contributed by atoms with Gasteiger partial charge in [0.1, 0.15) is 11.6 Å². The molecule has 0 aliphatic heterocycles. The average Bonchev–Trinajstić information content (AvgIpc) is 2.27. The highest BCUT2D eigenvalue weighted by Crippen LogP contribution is 2.40. The third-order valence-electron chi connectivity index (χ3n) is 3.87. The molecule has 2 rings (SSSR count). The van der Waals surface area contributed by atoms with Crippen LogP contribution in [0.25, 0.3) is 0 Å². The highest BCUT2D eigenvalue weighted by atomic mass is 19.1. The van der Waals surface area contributed by atoms with Crippen molar-refractivity contribution in [3.05, 3.63) is 35.4 Å². The smallest absolute Gasteiger partial charge is 0.126 e. The predicted molar refractivity (Wildman–Crippen MR) is 64.7 cm³/mol. The first-order chi connectivity index (χ1) is 8.10. The SMILES string of the molecule is CC1CCC(CN)C(c2cc(F)cc(F)c2)C1. The summed E-state index contributed by atoms with van der Waals surface area (Å²) in [5.74, 6) is 0.179. The maximum atomic E-state index is 13.2. The standard InChI is InChI=1S/C14H19F2N/c1-9-2-3-10(8-17)14(4-9)11-5-12(15)7-13(16)6-11/h5-7,9-10,14H,2-4,8,17H2,1H3. The topological polar surface area (TPSA) is 26.0 Å². The highest BCUT2D eigenvalue weighted by molar-refractivity contribution is 5.23. The second-order valence-electron chi connectivity index (χ2n) is 5.22. The number of benzene rings is 1. The Kier molecular flexibility index (Phi) is 3.77. The fourth-order valence-corrected chi connectivity index (χ4v) is 2.92.